The molecule has 0 spiro atoms. The van der Waals surface area contributed by atoms with E-state index in [0.29, 0.717) is 28.2 Å². The van der Waals surface area contributed by atoms with Crippen LogP contribution in [0.25, 0.3) is 11.0 Å². The van der Waals surface area contributed by atoms with Crippen molar-refractivity contribution in [3.63, 3.8) is 0 Å². The topological polar surface area (TPSA) is 104 Å². The summed E-state index contributed by atoms with van der Waals surface area (Å²) in [7, 11) is 1.75. The number of hydrogen-bond acceptors (Lipinski definition) is 7. The molecule has 11 heteroatoms. The van der Waals surface area contributed by atoms with Crippen LogP contribution in [-0.4, -0.2) is 55.8 Å². The van der Waals surface area contributed by atoms with Gasteiger partial charge in [0.25, 0.3) is 5.56 Å². The summed E-state index contributed by atoms with van der Waals surface area (Å²) in [5.41, 5.74) is -0.160. The maximum Gasteiger partial charge on any atom is 0.407 e. The van der Waals surface area contributed by atoms with Gasteiger partial charge in [0.05, 0.1) is 12.1 Å². The zero-order valence-corrected chi connectivity index (χ0v) is 21.1. The number of aromatic nitrogens is 4. The fourth-order valence-electron chi connectivity index (χ4n) is 5.38. The Hall–Kier alpha value is -2.14. The number of hydrogen-bond donors (Lipinski definition) is 1. The summed E-state index contributed by atoms with van der Waals surface area (Å²) in [6, 6.07) is 0.213. The minimum absolute atomic E-state index is 0.0514. The highest BCUT2D eigenvalue weighted by molar-refractivity contribution is 9.10. The number of fused-ring (bicyclic) bond motifs is 3. The van der Waals surface area contributed by atoms with Crippen LogP contribution in [0, 0.1) is 0 Å². The zero-order valence-electron chi connectivity index (χ0n) is 19.5. The highest BCUT2D eigenvalue weighted by atomic mass is 79.9. The second-order valence-corrected chi connectivity index (χ2v) is 11.0. The Morgan fingerprint density at radius 3 is 2.73 bits per heavy atom. The van der Waals surface area contributed by atoms with Crippen LogP contribution in [0.5, 0.6) is 0 Å². The summed E-state index contributed by atoms with van der Waals surface area (Å²) >= 11 is 3.46. The van der Waals surface area contributed by atoms with Crippen molar-refractivity contribution in [2.24, 2.45) is 7.05 Å². The molecule has 2 aromatic heterocycles. The predicted molar refractivity (Wildman–Crippen MR) is 126 cm³/mol. The standard InChI is InChI=1S/C22H31BrN6O4/c1-22(2,3)33-21(31)24-13-11-12-8-9-14(13)28(12)20-25-18-16(19(30)27(20)4)17(23)26-29(18)15-7-5-6-10-32-15/h12-15H,5-11H2,1-4H3,(H,24,31)/t12-,13+,14+,15?/m0/s1. The van der Waals surface area contributed by atoms with Gasteiger partial charge in [-0.15, -0.1) is 0 Å². The van der Waals surface area contributed by atoms with Crippen molar-refractivity contribution < 1.29 is 14.3 Å². The summed E-state index contributed by atoms with van der Waals surface area (Å²) in [6.45, 7) is 6.24. The lowest BCUT2D eigenvalue weighted by molar-refractivity contribution is -0.0371. The Bertz CT molecular complexity index is 1130. The van der Waals surface area contributed by atoms with Crippen molar-refractivity contribution in [3.8, 4) is 0 Å². The lowest BCUT2D eigenvalue weighted by Gasteiger charge is -2.28. The average Bonchev–Trinajstić information content (AvgIpc) is 3.40. The van der Waals surface area contributed by atoms with E-state index < -0.39 is 11.7 Å². The van der Waals surface area contributed by atoms with Gasteiger partial charge in [-0.1, -0.05) is 0 Å². The van der Waals surface area contributed by atoms with Crippen LogP contribution in [0.1, 0.15) is 65.5 Å². The fourth-order valence-corrected chi connectivity index (χ4v) is 5.90. The summed E-state index contributed by atoms with van der Waals surface area (Å²) in [4.78, 5) is 32.9. The fraction of sp³-hybridized carbons (Fsp3) is 0.727. The molecule has 1 amide bonds. The van der Waals surface area contributed by atoms with E-state index in [1.807, 2.05) is 20.8 Å². The molecular formula is C22H31BrN6O4. The summed E-state index contributed by atoms with van der Waals surface area (Å²) in [5.74, 6) is 0.609. The van der Waals surface area contributed by atoms with Crippen LogP contribution in [0.4, 0.5) is 10.7 Å². The number of carbonyl (C=O) groups is 1. The number of alkyl carbamates (subject to hydrolysis) is 1. The molecule has 180 valence electrons. The number of nitrogens with one attached hydrogen (secondary N) is 1. The van der Waals surface area contributed by atoms with Crippen LogP contribution in [-0.2, 0) is 16.5 Å². The third kappa shape index (κ3) is 4.03. The van der Waals surface area contributed by atoms with E-state index in [1.54, 1.807) is 16.3 Å². The van der Waals surface area contributed by atoms with Gasteiger partial charge < -0.3 is 19.7 Å². The highest BCUT2D eigenvalue weighted by Gasteiger charge is 2.49. The highest BCUT2D eigenvalue weighted by Crippen LogP contribution is 2.41. The summed E-state index contributed by atoms with van der Waals surface area (Å²) in [6.07, 6.45) is 5.01. The lowest BCUT2D eigenvalue weighted by atomic mass is 9.96. The molecule has 10 nitrogen and oxygen atoms in total. The molecule has 5 rings (SSSR count). The molecule has 0 saturated carbocycles. The molecule has 3 saturated heterocycles. The molecular weight excluding hydrogens is 492 g/mol. The normalized spacial score (nSPS) is 27.4. The molecule has 33 heavy (non-hydrogen) atoms. The smallest absolute Gasteiger partial charge is 0.407 e. The first-order chi connectivity index (χ1) is 15.6. The second-order valence-electron chi connectivity index (χ2n) is 10.2. The summed E-state index contributed by atoms with van der Waals surface area (Å²) in [5, 5.41) is 8.07. The Kier molecular flexibility index (Phi) is 5.67. The monoisotopic (exact) mass is 522 g/mol. The SMILES string of the molecule is Cn1c(N2[C@H]3CC[C@@H]2[C@H](NC(=O)OC(C)(C)C)C3)nc2c(c(Br)nn2C2CCCCO2)c1=O. The molecule has 0 aliphatic carbocycles. The Morgan fingerprint density at radius 2 is 2.03 bits per heavy atom. The van der Waals surface area contributed by atoms with Gasteiger partial charge in [0.1, 0.15) is 15.6 Å². The number of amides is 1. The zero-order chi connectivity index (χ0) is 23.5. The third-order valence-electron chi connectivity index (χ3n) is 6.77. The van der Waals surface area contributed by atoms with Gasteiger partial charge in [-0.25, -0.2) is 9.48 Å². The van der Waals surface area contributed by atoms with E-state index in [1.165, 1.54) is 0 Å². The van der Waals surface area contributed by atoms with E-state index in [9.17, 15) is 9.59 Å². The van der Waals surface area contributed by atoms with Crippen LogP contribution in [0.2, 0.25) is 0 Å². The molecule has 2 bridgehead atoms. The number of nitrogens with zero attached hydrogens (tertiary/aromatic N) is 5. The summed E-state index contributed by atoms with van der Waals surface area (Å²) < 4.78 is 15.2. The van der Waals surface area contributed by atoms with Gasteiger partial charge in [-0.05, 0) is 75.2 Å². The van der Waals surface area contributed by atoms with Crippen molar-refractivity contribution in [1.29, 1.82) is 0 Å². The number of halogens is 1. The number of rotatable bonds is 3. The largest absolute Gasteiger partial charge is 0.444 e. The minimum Gasteiger partial charge on any atom is -0.444 e. The average molecular weight is 523 g/mol. The lowest BCUT2D eigenvalue weighted by Crippen LogP contribution is -2.46. The molecule has 1 unspecified atom stereocenters. The maximum atomic E-state index is 13.4. The van der Waals surface area contributed by atoms with Crippen molar-refractivity contribution >= 4 is 39.0 Å². The van der Waals surface area contributed by atoms with Crippen LogP contribution >= 0.6 is 15.9 Å². The van der Waals surface area contributed by atoms with Crippen molar-refractivity contribution in [2.45, 2.75) is 89.3 Å². The van der Waals surface area contributed by atoms with E-state index in [-0.39, 0.29) is 29.9 Å². The molecule has 0 aromatic carbocycles. The van der Waals surface area contributed by atoms with E-state index >= 15 is 0 Å². The number of ether oxygens (including phenoxy) is 2. The predicted octanol–water partition coefficient (Wildman–Crippen LogP) is 3.23. The van der Waals surface area contributed by atoms with E-state index in [0.717, 1.165) is 38.5 Å². The first-order valence-corrected chi connectivity index (χ1v) is 12.5. The van der Waals surface area contributed by atoms with Crippen LogP contribution < -0.4 is 15.8 Å². The Morgan fingerprint density at radius 1 is 1.24 bits per heavy atom. The van der Waals surface area contributed by atoms with Gasteiger partial charge in [0.2, 0.25) is 5.95 Å². The third-order valence-corrected chi connectivity index (χ3v) is 7.32. The molecule has 5 heterocycles. The van der Waals surface area contributed by atoms with Crippen molar-refractivity contribution in [3.05, 3.63) is 15.0 Å². The molecule has 2 aromatic rings. The molecule has 3 aliphatic heterocycles. The first kappa shape index (κ1) is 22.6. The van der Waals surface area contributed by atoms with Gasteiger partial charge in [0.15, 0.2) is 11.9 Å². The quantitative estimate of drug-likeness (QED) is 0.659. The van der Waals surface area contributed by atoms with Gasteiger partial charge in [-0.2, -0.15) is 10.1 Å². The first-order valence-electron chi connectivity index (χ1n) is 11.7. The molecule has 3 fully saturated rings. The molecule has 1 N–H and O–H groups in total. The van der Waals surface area contributed by atoms with Gasteiger partial charge in [-0.3, -0.25) is 9.36 Å². The van der Waals surface area contributed by atoms with Gasteiger partial charge in [0, 0.05) is 19.7 Å². The van der Waals surface area contributed by atoms with E-state index in [4.69, 9.17) is 14.5 Å². The van der Waals surface area contributed by atoms with E-state index in [2.05, 4.69) is 31.2 Å². The van der Waals surface area contributed by atoms with Crippen LogP contribution in [0.3, 0.4) is 0 Å². The molecule has 4 atom stereocenters. The number of anilines is 1. The number of carbonyl (C=O) groups excluding carboxylic acids is 1. The van der Waals surface area contributed by atoms with Crippen molar-refractivity contribution in [1.82, 2.24) is 24.6 Å². The van der Waals surface area contributed by atoms with Crippen molar-refractivity contribution in [2.75, 3.05) is 11.5 Å². The molecule has 3 aliphatic rings. The second kappa shape index (κ2) is 8.26. The maximum absolute atomic E-state index is 13.4. The van der Waals surface area contributed by atoms with Crippen LogP contribution in [0.15, 0.2) is 9.40 Å². The van der Waals surface area contributed by atoms with Gasteiger partial charge >= 0.3 is 6.09 Å². The minimum atomic E-state index is -0.551. The Balaban J connectivity index is 1.49. The molecule has 0 radical (unpaired) electrons. The Labute approximate surface area is 200 Å².